The van der Waals surface area contributed by atoms with Crippen LogP contribution in [-0.2, 0) is 9.84 Å². The number of nitrogens with zero attached hydrogens (tertiary/aromatic N) is 1. The third-order valence-electron chi connectivity index (χ3n) is 4.52. The number of aromatic nitrogens is 1. The minimum absolute atomic E-state index is 0.0494. The van der Waals surface area contributed by atoms with Crippen LogP contribution in [0, 0.1) is 0 Å². The third-order valence-corrected chi connectivity index (χ3v) is 5.96. The van der Waals surface area contributed by atoms with Crippen molar-refractivity contribution in [3.05, 3.63) is 82.1 Å². The lowest BCUT2D eigenvalue weighted by molar-refractivity contribution is 0.0880. The number of pyridine rings is 1. The third kappa shape index (κ3) is 3.22. The maximum atomic E-state index is 13.0. The molecular weight excluding hydrogens is 410 g/mol. The first-order valence-electron chi connectivity index (χ1n) is 8.71. The molecule has 0 fully saturated rings. The number of fused-ring (bicyclic) bond motifs is 1. The number of carbonyl (C=O) groups is 2. The molecule has 2 aromatic carbocycles. The summed E-state index contributed by atoms with van der Waals surface area (Å²) >= 11 is 0. The van der Waals surface area contributed by atoms with E-state index in [1.807, 2.05) is 0 Å². The highest BCUT2D eigenvalue weighted by molar-refractivity contribution is 7.91. The van der Waals surface area contributed by atoms with Crippen molar-refractivity contribution in [3.63, 3.8) is 0 Å². The Bertz CT molecular complexity index is 1350. The van der Waals surface area contributed by atoms with Gasteiger partial charge in [-0.2, -0.15) is 0 Å². The van der Waals surface area contributed by atoms with Gasteiger partial charge < -0.3 is 10.5 Å². The zero-order valence-corrected chi connectivity index (χ0v) is 16.2. The lowest BCUT2D eigenvalue weighted by atomic mass is 10.1. The monoisotopic (exact) mass is 425 g/mol. The van der Waals surface area contributed by atoms with E-state index in [4.69, 9.17) is 10.5 Å². The molecular formula is C20H15N3O6S. The predicted octanol–water partition coefficient (Wildman–Crippen LogP) is 1.11. The number of hydrogen-bond donors (Lipinski definition) is 2. The Hall–Kier alpha value is -3.92. The molecule has 1 aromatic heterocycles. The van der Waals surface area contributed by atoms with E-state index < -0.39 is 33.1 Å². The molecule has 1 aliphatic rings. The molecule has 0 atom stereocenters. The fourth-order valence-corrected chi connectivity index (χ4v) is 4.34. The molecule has 0 radical (unpaired) electrons. The molecule has 0 aliphatic carbocycles. The van der Waals surface area contributed by atoms with Crippen LogP contribution in [0.1, 0.15) is 20.7 Å². The Labute approximate surface area is 170 Å². The van der Waals surface area contributed by atoms with E-state index >= 15 is 0 Å². The van der Waals surface area contributed by atoms with Gasteiger partial charge in [-0.05, 0) is 24.3 Å². The molecule has 0 unspecified atom stereocenters. The predicted molar refractivity (Wildman–Crippen MR) is 107 cm³/mol. The summed E-state index contributed by atoms with van der Waals surface area (Å²) in [6, 6.07) is 15.1. The number of benzene rings is 2. The number of nitrogen functional groups attached to an aromatic ring is 1. The maximum absolute atomic E-state index is 13.0. The summed E-state index contributed by atoms with van der Waals surface area (Å²) < 4.78 is 32.2. The fourth-order valence-electron chi connectivity index (χ4n) is 3.16. The standard InChI is InChI=1S/C20H15N3O6S/c21-18-17-13(19(25)22-20(17)26)10-16(24)23(18)14-8-4-5-9-15(14)30(27,28)11-29-12-6-2-1-3-7-12/h1-10H,11,21H2,(H,22,25,26). The number of para-hydroxylation sites is 2. The molecule has 4 rings (SSSR count). The number of nitrogens with one attached hydrogen (secondary N) is 1. The Morgan fingerprint density at radius 2 is 1.60 bits per heavy atom. The van der Waals surface area contributed by atoms with Crippen LogP contribution in [-0.4, -0.2) is 30.7 Å². The minimum atomic E-state index is -4.01. The lowest BCUT2D eigenvalue weighted by Gasteiger charge is -2.16. The van der Waals surface area contributed by atoms with Crippen molar-refractivity contribution in [3.8, 4) is 11.4 Å². The van der Waals surface area contributed by atoms with Gasteiger partial charge in [0.05, 0.1) is 21.7 Å². The molecule has 0 saturated carbocycles. The lowest BCUT2D eigenvalue weighted by Crippen LogP contribution is -2.26. The van der Waals surface area contributed by atoms with Gasteiger partial charge in [-0.3, -0.25) is 24.3 Å². The number of amides is 2. The molecule has 1 aliphatic heterocycles. The Morgan fingerprint density at radius 1 is 0.933 bits per heavy atom. The first-order valence-corrected chi connectivity index (χ1v) is 10.4. The van der Waals surface area contributed by atoms with Gasteiger partial charge in [0, 0.05) is 6.07 Å². The molecule has 0 saturated heterocycles. The number of imide groups is 1. The molecule has 2 heterocycles. The number of sulfone groups is 1. The van der Waals surface area contributed by atoms with Crippen molar-refractivity contribution in [1.29, 1.82) is 0 Å². The summed E-state index contributed by atoms with van der Waals surface area (Å²) in [7, 11) is -4.01. The summed E-state index contributed by atoms with van der Waals surface area (Å²) in [4.78, 5) is 36.4. The Balaban J connectivity index is 1.82. The summed E-state index contributed by atoms with van der Waals surface area (Å²) in [6.45, 7) is 0. The van der Waals surface area contributed by atoms with E-state index in [-0.39, 0.29) is 27.5 Å². The number of anilines is 1. The normalized spacial score (nSPS) is 13.1. The second-order valence-electron chi connectivity index (χ2n) is 6.43. The number of nitrogens with two attached hydrogens (primary N) is 1. The summed E-state index contributed by atoms with van der Waals surface area (Å²) in [5.74, 6) is -2.13. The van der Waals surface area contributed by atoms with Gasteiger partial charge in [-0.15, -0.1) is 0 Å². The highest BCUT2D eigenvalue weighted by Gasteiger charge is 2.33. The zero-order chi connectivity index (χ0) is 21.5. The smallest absolute Gasteiger partial charge is 0.262 e. The number of rotatable bonds is 5. The molecule has 152 valence electrons. The molecule has 0 spiro atoms. The molecule has 3 aromatic rings. The van der Waals surface area contributed by atoms with E-state index in [0.29, 0.717) is 5.75 Å². The minimum Gasteiger partial charge on any atom is -0.477 e. The number of hydrogen-bond acceptors (Lipinski definition) is 7. The molecule has 0 bridgehead atoms. The van der Waals surface area contributed by atoms with E-state index in [9.17, 15) is 22.8 Å². The van der Waals surface area contributed by atoms with Crippen molar-refractivity contribution in [2.45, 2.75) is 4.90 Å². The second-order valence-corrected chi connectivity index (χ2v) is 8.34. The van der Waals surface area contributed by atoms with E-state index in [1.54, 1.807) is 30.3 Å². The van der Waals surface area contributed by atoms with Crippen LogP contribution in [0.15, 0.2) is 70.4 Å². The summed E-state index contributed by atoms with van der Waals surface area (Å²) in [5, 5.41) is 2.06. The Kier molecular flexibility index (Phi) is 4.63. The first kappa shape index (κ1) is 19.4. The molecule has 3 N–H and O–H groups in total. The SMILES string of the molecule is Nc1c2c(cc(=O)n1-c1ccccc1S(=O)(=O)COc1ccccc1)C(=O)NC2=O. The van der Waals surface area contributed by atoms with Crippen LogP contribution in [0.2, 0.25) is 0 Å². The van der Waals surface area contributed by atoms with E-state index in [0.717, 1.165) is 10.6 Å². The van der Waals surface area contributed by atoms with Crippen LogP contribution in [0.5, 0.6) is 5.75 Å². The van der Waals surface area contributed by atoms with Gasteiger partial charge >= 0.3 is 0 Å². The van der Waals surface area contributed by atoms with Crippen LogP contribution < -0.4 is 21.3 Å². The highest BCUT2D eigenvalue weighted by atomic mass is 32.2. The molecule has 30 heavy (non-hydrogen) atoms. The van der Waals surface area contributed by atoms with Crippen LogP contribution in [0.4, 0.5) is 5.82 Å². The van der Waals surface area contributed by atoms with Crippen molar-refractivity contribution in [1.82, 2.24) is 9.88 Å². The quantitative estimate of drug-likeness (QED) is 0.584. The fraction of sp³-hybridized carbons (Fsp3) is 0.0500. The average molecular weight is 425 g/mol. The van der Waals surface area contributed by atoms with Crippen molar-refractivity contribution >= 4 is 27.5 Å². The number of carbonyl (C=O) groups excluding carboxylic acids is 2. The van der Waals surface area contributed by atoms with Gasteiger partial charge in [-0.1, -0.05) is 30.3 Å². The zero-order valence-electron chi connectivity index (χ0n) is 15.4. The van der Waals surface area contributed by atoms with Gasteiger partial charge in [0.2, 0.25) is 9.84 Å². The van der Waals surface area contributed by atoms with Crippen LogP contribution >= 0.6 is 0 Å². The summed E-state index contributed by atoms with van der Waals surface area (Å²) in [6.07, 6.45) is 0. The van der Waals surface area contributed by atoms with Crippen molar-refractivity contribution in [2.24, 2.45) is 0 Å². The topological polar surface area (TPSA) is 138 Å². The van der Waals surface area contributed by atoms with Gasteiger partial charge in [0.1, 0.15) is 11.6 Å². The van der Waals surface area contributed by atoms with E-state index in [2.05, 4.69) is 5.32 Å². The molecule has 10 heteroatoms. The van der Waals surface area contributed by atoms with E-state index in [1.165, 1.54) is 24.3 Å². The summed E-state index contributed by atoms with van der Waals surface area (Å²) in [5.41, 5.74) is 4.90. The van der Waals surface area contributed by atoms with Crippen molar-refractivity contribution in [2.75, 3.05) is 11.7 Å². The van der Waals surface area contributed by atoms with Crippen molar-refractivity contribution < 1.29 is 22.7 Å². The second kappa shape index (κ2) is 7.16. The molecule has 2 amide bonds. The first-order chi connectivity index (χ1) is 14.3. The Morgan fingerprint density at radius 3 is 2.33 bits per heavy atom. The number of ether oxygens (including phenoxy) is 1. The highest BCUT2D eigenvalue weighted by Crippen LogP contribution is 2.27. The maximum Gasteiger partial charge on any atom is 0.262 e. The largest absolute Gasteiger partial charge is 0.477 e. The average Bonchev–Trinajstić information content (AvgIpc) is 3.01. The molecule has 9 nitrogen and oxygen atoms in total. The van der Waals surface area contributed by atoms with Gasteiger partial charge in [0.15, 0.2) is 5.94 Å². The van der Waals surface area contributed by atoms with Crippen LogP contribution in [0.3, 0.4) is 0 Å². The van der Waals surface area contributed by atoms with Crippen LogP contribution in [0.25, 0.3) is 5.69 Å². The van der Waals surface area contributed by atoms with Gasteiger partial charge in [0.25, 0.3) is 17.4 Å². The van der Waals surface area contributed by atoms with Gasteiger partial charge in [-0.25, -0.2) is 8.42 Å².